The van der Waals surface area contributed by atoms with Crippen LogP contribution in [0.3, 0.4) is 0 Å². The number of carbonyl (C=O) groups is 2. The molecule has 2 aromatic heterocycles. The maximum absolute atomic E-state index is 12.1. The Hall–Kier alpha value is -1.60. The third-order valence-electron chi connectivity index (χ3n) is 2.86. The molecule has 1 N–H and O–H groups in total. The molecule has 21 heavy (non-hydrogen) atoms. The third-order valence-corrected chi connectivity index (χ3v) is 4.15. The second-order valence-corrected chi connectivity index (χ2v) is 6.09. The fourth-order valence-corrected chi connectivity index (χ4v) is 2.78. The average molecular weight is 371 g/mol. The van der Waals surface area contributed by atoms with Gasteiger partial charge in [0.05, 0.1) is 13.1 Å². The van der Waals surface area contributed by atoms with Crippen LogP contribution in [0.4, 0.5) is 0 Å². The van der Waals surface area contributed by atoms with Gasteiger partial charge in [0.25, 0.3) is 5.91 Å². The van der Waals surface area contributed by atoms with Gasteiger partial charge < -0.3 is 14.6 Å². The summed E-state index contributed by atoms with van der Waals surface area (Å²) >= 11 is 4.73. The topological polar surface area (TPSA) is 62.6 Å². The molecule has 0 fully saturated rings. The molecule has 0 unspecified atom stereocenters. The Bertz CT molecular complexity index is 610. The van der Waals surface area contributed by atoms with E-state index in [0.29, 0.717) is 17.8 Å². The molecule has 0 atom stereocenters. The lowest BCUT2D eigenvalue weighted by molar-refractivity contribution is -0.130. The molecule has 0 aromatic carbocycles. The SMILES string of the molecule is CCN(Cc1cccs1)C(=O)CNC(=O)c1ccc(Br)o1. The molecule has 112 valence electrons. The number of likely N-dealkylation sites (N-methyl/N-ethyl adjacent to an activating group) is 1. The van der Waals surface area contributed by atoms with Crippen molar-refractivity contribution < 1.29 is 14.0 Å². The Morgan fingerprint density at radius 1 is 1.38 bits per heavy atom. The molecule has 0 aliphatic carbocycles. The predicted molar refractivity (Wildman–Crippen MR) is 84.2 cm³/mol. The summed E-state index contributed by atoms with van der Waals surface area (Å²) in [5.41, 5.74) is 0. The van der Waals surface area contributed by atoms with Crippen molar-refractivity contribution in [1.82, 2.24) is 10.2 Å². The van der Waals surface area contributed by atoms with E-state index in [1.807, 2.05) is 24.4 Å². The van der Waals surface area contributed by atoms with Gasteiger partial charge in [-0.3, -0.25) is 9.59 Å². The van der Waals surface area contributed by atoms with Gasteiger partial charge >= 0.3 is 0 Å². The van der Waals surface area contributed by atoms with Crippen LogP contribution in [0.5, 0.6) is 0 Å². The van der Waals surface area contributed by atoms with E-state index in [4.69, 9.17) is 4.42 Å². The lowest BCUT2D eigenvalue weighted by atomic mass is 10.3. The molecule has 0 aliphatic heterocycles. The summed E-state index contributed by atoms with van der Waals surface area (Å²) in [5.74, 6) is -0.345. The van der Waals surface area contributed by atoms with Crippen molar-refractivity contribution in [2.45, 2.75) is 13.5 Å². The van der Waals surface area contributed by atoms with Gasteiger partial charge in [-0.25, -0.2) is 0 Å². The van der Waals surface area contributed by atoms with Crippen LogP contribution in [-0.2, 0) is 11.3 Å². The van der Waals surface area contributed by atoms with E-state index in [0.717, 1.165) is 4.88 Å². The quantitative estimate of drug-likeness (QED) is 0.850. The first kappa shape index (κ1) is 15.8. The summed E-state index contributed by atoms with van der Waals surface area (Å²) in [7, 11) is 0. The molecule has 0 bridgehead atoms. The van der Waals surface area contributed by atoms with E-state index in [-0.39, 0.29) is 18.2 Å². The van der Waals surface area contributed by atoms with Gasteiger partial charge in [0.15, 0.2) is 10.4 Å². The minimum absolute atomic E-state index is 0.0453. The van der Waals surface area contributed by atoms with Crippen molar-refractivity contribution >= 4 is 39.1 Å². The highest BCUT2D eigenvalue weighted by molar-refractivity contribution is 9.10. The van der Waals surface area contributed by atoms with E-state index < -0.39 is 5.91 Å². The molecule has 0 radical (unpaired) electrons. The van der Waals surface area contributed by atoms with Gasteiger partial charge in [-0.2, -0.15) is 0 Å². The molecule has 0 saturated heterocycles. The van der Waals surface area contributed by atoms with Crippen molar-refractivity contribution in [3.8, 4) is 0 Å². The number of nitrogens with one attached hydrogen (secondary N) is 1. The molecular formula is C14H15BrN2O3S. The van der Waals surface area contributed by atoms with Gasteiger partial charge in [-0.15, -0.1) is 11.3 Å². The predicted octanol–water partition coefficient (Wildman–Crippen LogP) is 2.88. The first-order valence-corrected chi connectivity index (χ1v) is 8.11. The molecule has 0 saturated carbocycles. The summed E-state index contributed by atoms with van der Waals surface area (Å²) < 4.78 is 5.61. The number of hydrogen-bond acceptors (Lipinski definition) is 4. The fourth-order valence-electron chi connectivity index (χ4n) is 1.76. The molecule has 2 amide bonds. The van der Waals surface area contributed by atoms with Gasteiger partial charge in [-0.05, 0) is 46.4 Å². The summed E-state index contributed by atoms with van der Waals surface area (Å²) in [6.07, 6.45) is 0. The second kappa shape index (κ2) is 7.42. The fraction of sp³-hybridized carbons (Fsp3) is 0.286. The number of carbonyl (C=O) groups excluding carboxylic acids is 2. The van der Waals surface area contributed by atoms with Crippen molar-refractivity contribution in [2.75, 3.05) is 13.1 Å². The van der Waals surface area contributed by atoms with Gasteiger partial charge in [0, 0.05) is 11.4 Å². The minimum atomic E-state index is -0.402. The Balaban J connectivity index is 1.86. The highest BCUT2D eigenvalue weighted by Gasteiger charge is 2.16. The van der Waals surface area contributed by atoms with Crippen LogP contribution in [0, 0.1) is 0 Å². The maximum atomic E-state index is 12.1. The molecule has 0 spiro atoms. The lowest BCUT2D eigenvalue weighted by Crippen LogP contribution is -2.39. The monoisotopic (exact) mass is 370 g/mol. The van der Waals surface area contributed by atoms with Crippen LogP contribution in [0.15, 0.2) is 38.7 Å². The standard InChI is InChI=1S/C14H15BrN2O3S/c1-2-17(9-10-4-3-7-21-10)13(18)8-16-14(19)11-5-6-12(15)20-11/h3-7H,2,8-9H2,1H3,(H,16,19). The van der Waals surface area contributed by atoms with Gasteiger partial charge in [0.1, 0.15) is 0 Å². The molecular weight excluding hydrogens is 356 g/mol. The Labute approximate surface area is 135 Å². The van der Waals surface area contributed by atoms with Crippen molar-refractivity contribution in [2.24, 2.45) is 0 Å². The number of thiophene rings is 1. The van der Waals surface area contributed by atoms with Gasteiger partial charge in [0.2, 0.25) is 5.91 Å². The van der Waals surface area contributed by atoms with Gasteiger partial charge in [-0.1, -0.05) is 6.07 Å². The molecule has 7 heteroatoms. The number of amides is 2. The molecule has 5 nitrogen and oxygen atoms in total. The van der Waals surface area contributed by atoms with Crippen LogP contribution in [0.2, 0.25) is 0 Å². The molecule has 0 aliphatic rings. The number of nitrogens with zero attached hydrogens (tertiary/aromatic N) is 1. The normalized spacial score (nSPS) is 10.4. The Morgan fingerprint density at radius 2 is 2.19 bits per heavy atom. The summed E-state index contributed by atoms with van der Waals surface area (Å²) in [5, 5.41) is 4.54. The van der Waals surface area contributed by atoms with Crippen LogP contribution < -0.4 is 5.32 Å². The van der Waals surface area contributed by atoms with Crippen molar-refractivity contribution in [3.05, 3.63) is 45.0 Å². The minimum Gasteiger partial charge on any atom is -0.444 e. The summed E-state index contributed by atoms with van der Waals surface area (Å²) in [6.45, 7) is 3.03. The van der Waals surface area contributed by atoms with Crippen molar-refractivity contribution in [3.63, 3.8) is 0 Å². The number of rotatable bonds is 6. The highest BCUT2D eigenvalue weighted by Crippen LogP contribution is 2.14. The van der Waals surface area contributed by atoms with E-state index in [1.54, 1.807) is 28.4 Å². The van der Waals surface area contributed by atoms with E-state index in [2.05, 4.69) is 21.2 Å². The smallest absolute Gasteiger partial charge is 0.287 e. The highest BCUT2D eigenvalue weighted by atomic mass is 79.9. The van der Waals surface area contributed by atoms with Crippen LogP contribution in [-0.4, -0.2) is 29.8 Å². The second-order valence-electron chi connectivity index (χ2n) is 4.27. The number of hydrogen-bond donors (Lipinski definition) is 1. The first-order chi connectivity index (χ1) is 10.1. The van der Waals surface area contributed by atoms with E-state index in [1.165, 1.54) is 0 Å². The molecule has 2 aromatic rings. The number of furan rings is 1. The largest absolute Gasteiger partial charge is 0.444 e. The maximum Gasteiger partial charge on any atom is 0.287 e. The zero-order valence-electron chi connectivity index (χ0n) is 11.5. The van der Waals surface area contributed by atoms with Crippen LogP contribution in [0.25, 0.3) is 0 Å². The number of halogens is 1. The van der Waals surface area contributed by atoms with Crippen molar-refractivity contribution in [1.29, 1.82) is 0 Å². The third kappa shape index (κ3) is 4.44. The summed E-state index contributed by atoms with van der Waals surface area (Å²) in [4.78, 5) is 26.7. The molecule has 2 rings (SSSR count). The first-order valence-electron chi connectivity index (χ1n) is 6.44. The van der Waals surface area contributed by atoms with E-state index in [9.17, 15) is 9.59 Å². The van der Waals surface area contributed by atoms with E-state index >= 15 is 0 Å². The van der Waals surface area contributed by atoms with Crippen LogP contribution >= 0.6 is 27.3 Å². The lowest BCUT2D eigenvalue weighted by Gasteiger charge is -2.20. The Morgan fingerprint density at radius 3 is 2.76 bits per heavy atom. The Kier molecular flexibility index (Phi) is 5.58. The zero-order chi connectivity index (χ0) is 15.2. The summed E-state index contributed by atoms with van der Waals surface area (Å²) in [6, 6.07) is 7.12. The van der Waals surface area contributed by atoms with Crippen LogP contribution in [0.1, 0.15) is 22.4 Å². The molecule has 2 heterocycles. The average Bonchev–Trinajstić information content (AvgIpc) is 3.13. The zero-order valence-corrected chi connectivity index (χ0v) is 13.9.